The van der Waals surface area contributed by atoms with Gasteiger partial charge in [-0.25, -0.2) is 4.68 Å². The topological polar surface area (TPSA) is 116 Å². The van der Waals surface area contributed by atoms with Crippen LogP contribution in [0.5, 0.6) is 0 Å². The maximum absolute atomic E-state index is 13.5. The predicted octanol–water partition coefficient (Wildman–Crippen LogP) is 3.32. The fourth-order valence-corrected chi connectivity index (χ4v) is 3.96. The number of aromatic nitrogens is 8. The van der Waals surface area contributed by atoms with Crippen LogP contribution >= 0.6 is 11.3 Å². The van der Waals surface area contributed by atoms with Crippen LogP contribution in [0.2, 0.25) is 0 Å². The zero-order valence-electron chi connectivity index (χ0n) is 17.4. The van der Waals surface area contributed by atoms with E-state index >= 15 is 0 Å². The lowest BCUT2D eigenvalue weighted by atomic mass is 10.1. The maximum Gasteiger partial charge on any atom is 0.274 e. The van der Waals surface area contributed by atoms with E-state index in [-0.39, 0.29) is 11.6 Å². The fraction of sp³-hybridized carbons (Fsp3) is 0.0455. The van der Waals surface area contributed by atoms with E-state index in [2.05, 4.69) is 36.4 Å². The molecule has 11 heteroatoms. The predicted molar refractivity (Wildman–Crippen MR) is 124 cm³/mol. The minimum atomic E-state index is -0.357. The van der Waals surface area contributed by atoms with Gasteiger partial charge in [0.25, 0.3) is 5.91 Å². The Bertz CT molecular complexity index is 1410. The third-order valence-electron chi connectivity index (χ3n) is 4.93. The van der Waals surface area contributed by atoms with Crippen LogP contribution < -0.4 is 5.32 Å². The molecule has 1 amide bonds. The van der Waals surface area contributed by atoms with Crippen molar-refractivity contribution in [2.24, 2.45) is 0 Å². The molecule has 0 aliphatic heterocycles. The Morgan fingerprint density at radius 3 is 2.64 bits per heavy atom. The molecule has 5 aromatic rings. The number of hydrogen-bond acceptors (Lipinski definition) is 8. The van der Waals surface area contributed by atoms with Gasteiger partial charge in [0.1, 0.15) is 12.0 Å². The van der Waals surface area contributed by atoms with Crippen LogP contribution in [0.1, 0.15) is 10.4 Å². The first-order valence-corrected chi connectivity index (χ1v) is 10.8. The molecule has 0 radical (unpaired) electrons. The standard InChI is InChI=1S/C22H17N9OS/c1-15-18(10-5-11-19(15)30-14-23-26-28-30)24-22(32)20(13-17-9-6-12-33-17)31-21(25-27-29-31)16-7-3-2-4-8-16/h2-14H,1H3,(H,24,32)/b20-13-. The van der Waals surface area contributed by atoms with Gasteiger partial charge >= 0.3 is 0 Å². The zero-order valence-corrected chi connectivity index (χ0v) is 18.2. The van der Waals surface area contributed by atoms with Crippen molar-refractivity contribution in [2.75, 3.05) is 5.32 Å². The maximum atomic E-state index is 13.5. The molecule has 0 saturated heterocycles. The highest BCUT2D eigenvalue weighted by Crippen LogP contribution is 2.25. The molecule has 3 heterocycles. The van der Waals surface area contributed by atoms with Crippen LogP contribution in [0, 0.1) is 6.92 Å². The summed E-state index contributed by atoms with van der Waals surface area (Å²) in [5.41, 5.74) is 3.28. The Hall–Kier alpha value is -4.51. The van der Waals surface area contributed by atoms with E-state index in [0.29, 0.717) is 11.5 Å². The first kappa shape index (κ1) is 20.4. The lowest BCUT2D eigenvalue weighted by Gasteiger charge is -2.14. The van der Waals surface area contributed by atoms with E-state index in [1.165, 1.54) is 22.3 Å². The summed E-state index contributed by atoms with van der Waals surface area (Å²) in [6.07, 6.45) is 3.27. The van der Waals surface area contributed by atoms with Crippen molar-refractivity contribution in [3.63, 3.8) is 0 Å². The fourth-order valence-electron chi connectivity index (χ4n) is 3.31. The van der Waals surface area contributed by atoms with Gasteiger partial charge in [-0.05, 0) is 63.0 Å². The van der Waals surface area contributed by atoms with Crippen LogP contribution in [0.25, 0.3) is 28.8 Å². The number of carbonyl (C=O) groups is 1. The summed E-state index contributed by atoms with van der Waals surface area (Å²) >= 11 is 1.51. The molecule has 0 aliphatic rings. The Labute approximate surface area is 192 Å². The summed E-state index contributed by atoms with van der Waals surface area (Å²) < 4.78 is 2.99. The number of benzene rings is 2. The highest BCUT2D eigenvalue weighted by Gasteiger charge is 2.20. The largest absolute Gasteiger partial charge is 0.320 e. The van der Waals surface area contributed by atoms with Crippen LogP contribution in [0.4, 0.5) is 5.69 Å². The van der Waals surface area contributed by atoms with Crippen LogP contribution in [-0.4, -0.2) is 46.3 Å². The third kappa shape index (κ3) is 4.16. The third-order valence-corrected chi connectivity index (χ3v) is 5.75. The average molecular weight is 456 g/mol. The van der Waals surface area contributed by atoms with Crippen molar-refractivity contribution >= 4 is 34.7 Å². The molecule has 0 bridgehead atoms. The first-order chi connectivity index (χ1) is 16.2. The number of amides is 1. The number of anilines is 1. The van der Waals surface area contributed by atoms with E-state index in [0.717, 1.165) is 21.7 Å². The average Bonchev–Trinajstić information content (AvgIpc) is 3.62. The van der Waals surface area contributed by atoms with Gasteiger partial charge in [-0.15, -0.1) is 21.5 Å². The number of thiophene rings is 1. The van der Waals surface area contributed by atoms with Gasteiger partial charge in [0.15, 0.2) is 5.82 Å². The lowest BCUT2D eigenvalue weighted by Crippen LogP contribution is -2.20. The Morgan fingerprint density at radius 2 is 1.88 bits per heavy atom. The SMILES string of the molecule is Cc1c(NC(=O)/C(=C/c2cccs2)n2nnnc2-c2ccccc2)cccc1-n1cnnn1. The smallest absolute Gasteiger partial charge is 0.274 e. The Kier molecular flexibility index (Phi) is 5.52. The van der Waals surface area contributed by atoms with Crippen molar-refractivity contribution in [1.82, 2.24) is 40.4 Å². The van der Waals surface area contributed by atoms with Crippen molar-refractivity contribution in [3.8, 4) is 17.1 Å². The van der Waals surface area contributed by atoms with Gasteiger partial charge in [0, 0.05) is 16.1 Å². The summed E-state index contributed by atoms with van der Waals surface area (Å²) in [5.74, 6) is 0.109. The highest BCUT2D eigenvalue weighted by atomic mass is 32.1. The normalized spacial score (nSPS) is 11.5. The second-order valence-corrected chi connectivity index (χ2v) is 7.96. The van der Waals surface area contributed by atoms with Crippen molar-refractivity contribution in [1.29, 1.82) is 0 Å². The highest BCUT2D eigenvalue weighted by molar-refractivity contribution is 7.10. The van der Waals surface area contributed by atoms with E-state index in [1.54, 1.807) is 10.8 Å². The van der Waals surface area contributed by atoms with Gasteiger partial charge in [-0.1, -0.05) is 42.5 Å². The number of nitrogens with zero attached hydrogens (tertiary/aromatic N) is 8. The van der Waals surface area contributed by atoms with E-state index in [9.17, 15) is 4.79 Å². The second kappa shape index (κ2) is 8.93. The summed E-state index contributed by atoms with van der Waals surface area (Å²) in [7, 11) is 0. The van der Waals surface area contributed by atoms with Gasteiger partial charge in [-0.3, -0.25) is 4.79 Å². The molecule has 10 nitrogen and oxygen atoms in total. The molecule has 0 unspecified atom stereocenters. The summed E-state index contributed by atoms with van der Waals surface area (Å²) in [4.78, 5) is 14.4. The number of rotatable bonds is 6. The Morgan fingerprint density at radius 1 is 1.00 bits per heavy atom. The van der Waals surface area contributed by atoms with Gasteiger partial charge in [0.2, 0.25) is 0 Å². The van der Waals surface area contributed by atoms with Gasteiger partial charge in [-0.2, -0.15) is 4.68 Å². The molecule has 162 valence electrons. The molecule has 2 aromatic carbocycles. The number of tetrazole rings is 2. The number of nitrogens with one attached hydrogen (secondary N) is 1. The molecule has 0 spiro atoms. The molecule has 3 aromatic heterocycles. The van der Waals surface area contributed by atoms with E-state index in [1.807, 2.05) is 73.0 Å². The van der Waals surface area contributed by atoms with E-state index < -0.39 is 0 Å². The molecular formula is C22H17N9OS. The second-order valence-electron chi connectivity index (χ2n) is 6.98. The van der Waals surface area contributed by atoms with Gasteiger partial charge < -0.3 is 5.32 Å². The van der Waals surface area contributed by atoms with E-state index in [4.69, 9.17) is 0 Å². The quantitative estimate of drug-likeness (QED) is 0.390. The molecule has 0 atom stereocenters. The molecular weight excluding hydrogens is 438 g/mol. The molecule has 5 rings (SSSR count). The zero-order chi connectivity index (χ0) is 22.6. The van der Waals surface area contributed by atoms with Crippen LogP contribution in [0.3, 0.4) is 0 Å². The van der Waals surface area contributed by atoms with Crippen LogP contribution in [0.15, 0.2) is 72.4 Å². The molecule has 0 saturated carbocycles. The van der Waals surface area contributed by atoms with Crippen molar-refractivity contribution < 1.29 is 4.79 Å². The minimum Gasteiger partial charge on any atom is -0.320 e. The van der Waals surface area contributed by atoms with Crippen molar-refractivity contribution in [2.45, 2.75) is 6.92 Å². The summed E-state index contributed by atoms with van der Waals surface area (Å²) in [6.45, 7) is 1.89. The molecule has 0 aliphatic carbocycles. The monoisotopic (exact) mass is 455 g/mol. The minimum absolute atomic E-state index is 0.286. The molecule has 0 fully saturated rings. The van der Waals surface area contributed by atoms with Crippen LogP contribution in [-0.2, 0) is 4.79 Å². The number of carbonyl (C=O) groups excluding carboxylic acids is 1. The first-order valence-electron chi connectivity index (χ1n) is 9.94. The Balaban J connectivity index is 1.54. The summed E-state index contributed by atoms with van der Waals surface area (Å²) in [6, 6.07) is 18.8. The van der Waals surface area contributed by atoms with Gasteiger partial charge in [0.05, 0.1) is 5.69 Å². The number of hydrogen-bond donors (Lipinski definition) is 1. The summed E-state index contributed by atoms with van der Waals surface area (Å²) in [5, 5.41) is 28.3. The molecule has 1 N–H and O–H groups in total. The molecule has 33 heavy (non-hydrogen) atoms. The van der Waals surface area contributed by atoms with Crippen molar-refractivity contribution in [3.05, 3.63) is 82.8 Å². The lowest BCUT2D eigenvalue weighted by molar-refractivity contribution is -0.111.